The molecule has 1 atom stereocenters. The number of hydrogen-bond donors (Lipinski definition) is 1. The third-order valence-electron chi connectivity index (χ3n) is 3.68. The smallest absolute Gasteiger partial charge is 0.122 e. The van der Waals surface area contributed by atoms with Crippen molar-refractivity contribution in [3.8, 4) is 5.75 Å². The van der Waals surface area contributed by atoms with Crippen molar-refractivity contribution >= 4 is 11.6 Å². The van der Waals surface area contributed by atoms with E-state index in [0.717, 1.165) is 23.7 Å². The molecule has 0 aliphatic heterocycles. The maximum atomic E-state index is 6.17. The van der Waals surface area contributed by atoms with Crippen LogP contribution in [0.4, 0.5) is 0 Å². The van der Waals surface area contributed by atoms with Crippen LogP contribution in [0.15, 0.2) is 42.5 Å². The van der Waals surface area contributed by atoms with E-state index in [9.17, 15) is 0 Å². The molecule has 0 aliphatic carbocycles. The summed E-state index contributed by atoms with van der Waals surface area (Å²) < 4.78 is 5.46. The lowest BCUT2D eigenvalue weighted by Gasteiger charge is -2.22. The lowest BCUT2D eigenvalue weighted by atomic mass is 9.95. The molecule has 112 valence electrons. The predicted molar refractivity (Wildman–Crippen MR) is 89.3 cm³/mol. The standard InChI is InChI=1S/C18H22ClNO/c1-4-20-17(16-12-15(19)10-9-13(16)2)11-14-7-5-6-8-18(14)21-3/h5-10,12,17,20H,4,11H2,1-3H3. The first kappa shape index (κ1) is 15.9. The monoisotopic (exact) mass is 303 g/mol. The zero-order chi connectivity index (χ0) is 15.2. The van der Waals surface area contributed by atoms with Gasteiger partial charge in [0.25, 0.3) is 0 Å². The molecule has 2 rings (SSSR count). The van der Waals surface area contributed by atoms with E-state index in [1.807, 2.05) is 24.3 Å². The highest BCUT2D eigenvalue weighted by Crippen LogP contribution is 2.28. The lowest BCUT2D eigenvalue weighted by molar-refractivity contribution is 0.405. The Morgan fingerprint density at radius 3 is 2.67 bits per heavy atom. The quantitative estimate of drug-likeness (QED) is 0.845. The number of halogens is 1. The Morgan fingerprint density at radius 2 is 1.95 bits per heavy atom. The Hall–Kier alpha value is -1.51. The zero-order valence-corrected chi connectivity index (χ0v) is 13.6. The van der Waals surface area contributed by atoms with Crippen LogP contribution in [0.25, 0.3) is 0 Å². The summed E-state index contributed by atoms with van der Waals surface area (Å²) in [5.74, 6) is 0.931. The molecule has 0 saturated carbocycles. The summed E-state index contributed by atoms with van der Waals surface area (Å²) in [4.78, 5) is 0. The molecule has 1 N–H and O–H groups in total. The maximum absolute atomic E-state index is 6.17. The number of nitrogens with one attached hydrogen (secondary N) is 1. The van der Waals surface area contributed by atoms with Crippen molar-refractivity contribution in [3.63, 3.8) is 0 Å². The third-order valence-corrected chi connectivity index (χ3v) is 3.92. The van der Waals surface area contributed by atoms with Gasteiger partial charge in [-0.3, -0.25) is 0 Å². The second kappa shape index (κ2) is 7.48. The summed E-state index contributed by atoms with van der Waals surface area (Å²) in [6.45, 7) is 5.15. The van der Waals surface area contributed by atoms with E-state index in [0.29, 0.717) is 0 Å². The minimum atomic E-state index is 0.227. The van der Waals surface area contributed by atoms with Crippen molar-refractivity contribution in [1.82, 2.24) is 5.32 Å². The molecule has 0 aliphatic rings. The van der Waals surface area contributed by atoms with E-state index < -0.39 is 0 Å². The van der Waals surface area contributed by atoms with Crippen LogP contribution in [0.5, 0.6) is 5.75 Å². The number of aryl methyl sites for hydroxylation is 1. The van der Waals surface area contributed by atoms with Crippen LogP contribution in [0, 0.1) is 6.92 Å². The van der Waals surface area contributed by atoms with Gasteiger partial charge in [0, 0.05) is 11.1 Å². The lowest BCUT2D eigenvalue weighted by Crippen LogP contribution is -2.24. The van der Waals surface area contributed by atoms with Crippen molar-refractivity contribution < 1.29 is 4.74 Å². The fourth-order valence-electron chi connectivity index (χ4n) is 2.62. The molecular formula is C18H22ClNO. The van der Waals surface area contributed by atoms with Crippen LogP contribution in [-0.2, 0) is 6.42 Å². The van der Waals surface area contributed by atoms with Gasteiger partial charge in [0.05, 0.1) is 7.11 Å². The van der Waals surface area contributed by atoms with E-state index in [2.05, 4.69) is 37.4 Å². The first-order valence-corrected chi connectivity index (χ1v) is 7.64. The second-order valence-electron chi connectivity index (χ2n) is 5.13. The number of para-hydroxylation sites is 1. The van der Waals surface area contributed by atoms with Crippen molar-refractivity contribution in [2.45, 2.75) is 26.3 Å². The molecule has 2 aromatic carbocycles. The maximum Gasteiger partial charge on any atom is 0.122 e. The minimum Gasteiger partial charge on any atom is -0.496 e. The third kappa shape index (κ3) is 3.99. The largest absolute Gasteiger partial charge is 0.496 e. The van der Waals surface area contributed by atoms with Gasteiger partial charge in [-0.25, -0.2) is 0 Å². The van der Waals surface area contributed by atoms with Gasteiger partial charge in [-0.1, -0.05) is 42.8 Å². The van der Waals surface area contributed by atoms with Gasteiger partial charge in [0.2, 0.25) is 0 Å². The second-order valence-corrected chi connectivity index (χ2v) is 5.56. The summed E-state index contributed by atoms with van der Waals surface area (Å²) in [5.41, 5.74) is 3.70. The van der Waals surface area contributed by atoms with Crippen molar-refractivity contribution in [2.75, 3.05) is 13.7 Å². The van der Waals surface area contributed by atoms with Crippen LogP contribution < -0.4 is 10.1 Å². The Bertz CT molecular complexity index is 598. The molecule has 0 fully saturated rings. The summed E-state index contributed by atoms with van der Waals surface area (Å²) >= 11 is 6.17. The molecule has 2 nitrogen and oxygen atoms in total. The summed E-state index contributed by atoms with van der Waals surface area (Å²) in [5, 5.41) is 4.33. The van der Waals surface area contributed by atoms with Crippen LogP contribution in [0.2, 0.25) is 5.02 Å². The number of rotatable bonds is 6. The molecule has 0 bridgehead atoms. The summed E-state index contributed by atoms with van der Waals surface area (Å²) in [7, 11) is 1.71. The molecule has 21 heavy (non-hydrogen) atoms. The number of benzene rings is 2. The van der Waals surface area contributed by atoms with Crippen LogP contribution in [0.3, 0.4) is 0 Å². The highest BCUT2D eigenvalue weighted by Gasteiger charge is 2.16. The van der Waals surface area contributed by atoms with Crippen molar-refractivity contribution in [1.29, 1.82) is 0 Å². The van der Waals surface area contributed by atoms with Gasteiger partial charge in [-0.05, 0) is 54.8 Å². The minimum absolute atomic E-state index is 0.227. The average Bonchev–Trinajstić information content (AvgIpc) is 2.50. The molecular weight excluding hydrogens is 282 g/mol. The molecule has 0 aromatic heterocycles. The summed E-state index contributed by atoms with van der Waals surface area (Å²) in [6, 6.07) is 14.5. The van der Waals surface area contributed by atoms with Crippen LogP contribution in [0.1, 0.15) is 29.7 Å². The molecule has 0 radical (unpaired) electrons. The highest BCUT2D eigenvalue weighted by atomic mass is 35.5. The Balaban J connectivity index is 2.33. The molecule has 0 saturated heterocycles. The van der Waals surface area contributed by atoms with E-state index in [1.165, 1.54) is 16.7 Å². The number of methoxy groups -OCH3 is 1. The number of ether oxygens (including phenoxy) is 1. The van der Waals surface area contributed by atoms with Crippen molar-refractivity contribution in [2.24, 2.45) is 0 Å². The molecule has 1 unspecified atom stereocenters. The normalized spacial score (nSPS) is 12.2. The Morgan fingerprint density at radius 1 is 1.19 bits per heavy atom. The van der Waals surface area contributed by atoms with Gasteiger partial charge in [0.15, 0.2) is 0 Å². The Kier molecular flexibility index (Phi) is 5.66. The topological polar surface area (TPSA) is 21.3 Å². The molecule has 0 spiro atoms. The highest BCUT2D eigenvalue weighted by molar-refractivity contribution is 6.30. The van der Waals surface area contributed by atoms with E-state index in [1.54, 1.807) is 7.11 Å². The van der Waals surface area contributed by atoms with Gasteiger partial charge < -0.3 is 10.1 Å². The fourth-order valence-corrected chi connectivity index (χ4v) is 2.80. The van der Waals surface area contributed by atoms with Gasteiger partial charge in [-0.2, -0.15) is 0 Å². The van der Waals surface area contributed by atoms with Crippen molar-refractivity contribution in [3.05, 3.63) is 64.2 Å². The van der Waals surface area contributed by atoms with Crippen LogP contribution >= 0.6 is 11.6 Å². The molecule has 2 aromatic rings. The van der Waals surface area contributed by atoms with Gasteiger partial charge in [-0.15, -0.1) is 0 Å². The van der Waals surface area contributed by atoms with Crippen LogP contribution in [-0.4, -0.2) is 13.7 Å². The van der Waals surface area contributed by atoms with E-state index >= 15 is 0 Å². The summed E-state index contributed by atoms with van der Waals surface area (Å²) in [6.07, 6.45) is 0.874. The first-order valence-electron chi connectivity index (χ1n) is 7.27. The van der Waals surface area contributed by atoms with Gasteiger partial charge >= 0.3 is 0 Å². The number of hydrogen-bond acceptors (Lipinski definition) is 2. The Labute approximate surface area is 132 Å². The zero-order valence-electron chi connectivity index (χ0n) is 12.8. The predicted octanol–water partition coefficient (Wildman–Crippen LogP) is 4.55. The van der Waals surface area contributed by atoms with E-state index in [-0.39, 0.29) is 6.04 Å². The average molecular weight is 304 g/mol. The van der Waals surface area contributed by atoms with E-state index in [4.69, 9.17) is 16.3 Å². The molecule has 0 heterocycles. The first-order chi connectivity index (χ1) is 10.2. The SMILES string of the molecule is CCNC(Cc1ccccc1OC)c1cc(Cl)ccc1C. The van der Waals surface area contributed by atoms with Gasteiger partial charge in [0.1, 0.15) is 5.75 Å². The fraction of sp³-hybridized carbons (Fsp3) is 0.333. The molecule has 3 heteroatoms. The number of likely N-dealkylation sites (N-methyl/N-ethyl adjacent to an activating group) is 1. The molecule has 0 amide bonds.